The van der Waals surface area contributed by atoms with Crippen molar-refractivity contribution in [2.24, 2.45) is 0 Å². The van der Waals surface area contributed by atoms with Gasteiger partial charge < -0.3 is 10.2 Å². The van der Waals surface area contributed by atoms with Crippen molar-refractivity contribution in [3.8, 4) is 0 Å². The van der Waals surface area contributed by atoms with E-state index in [1.54, 1.807) is 36.1 Å². The molecule has 144 valence electrons. The molecule has 0 fully saturated rings. The number of amides is 2. The molecular formula is C21H24Cl2N2O2. The van der Waals surface area contributed by atoms with Crippen LogP contribution in [-0.2, 0) is 22.6 Å². The summed E-state index contributed by atoms with van der Waals surface area (Å²) < 4.78 is 0. The molecule has 27 heavy (non-hydrogen) atoms. The van der Waals surface area contributed by atoms with Crippen molar-refractivity contribution in [1.29, 1.82) is 0 Å². The lowest BCUT2D eigenvalue weighted by Crippen LogP contribution is -2.48. The molecule has 2 aromatic rings. The summed E-state index contributed by atoms with van der Waals surface area (Å²) in [5.41, 5.74) is 1.60. The van der Waals surface area contributed by atoms with E-state index in [4.69, 9.17) is 23.2 Å². The van der Waals surface area contributed by atoms with E-state index in [1.807, 2.05) is 31.2 Å². The first-order valence-corrected chi connectivity index (χ1v) is 9.73. The molecule has 0 aliphatic rings. The fraction of sp³-hybridized carbons (Fsp3) is 0.333. The molecule has 0 spiro atoms. The minimum absolute atomic E-state index is 0.156. The zero-order valence-electron chi connectivity index (χ0n) is 15.5. The second-order valence-corrected chi connectivity index (χ2v) is 7.23. The SMILES string of the molecule is CCCNC(=O)C(C)N(Cc1ccccc1Cl)C(=O)Cc1cccc(Cl)c1. The first-order chi connectivity index (χ1) is 12.9. The number of benzene rings is 2. The Hall–Kier alpha value is -2.04. The highest BCUT2D eigenvalue weighted by Gasteiger charge is 2.26. The van der Waals surface area contributed by atoms with Crippen LogP contribution >= 0.6 is 23.2 Å². The van der Waals surface area contributed by atoms with Crippen LogP contribution in [0.25, 0.3) is 0 Å². The van der Waals surface area contributed by atoms with Crippen LogP contribution in [0.5, 0.6) is 0 Å². The van der Waals surface area contributed by atoms with Gasteiger partial charge in [-0.1, -0.05) is 60.5 Å². The first kappa shape index (κ1) is 21.3. The molecule has 2 aromatic carbocycles. The summed E-state index contributed by atoms with van der Waals surface area (Å²) in [6, 6.07) is 13.9. The number of rotatable bonds is 8. The maximum Gasteiger partial charge on any atom is 0.242 e. The number of nitrogens with one attached hydrogen (secondary N) is 1. The second-order valence-electron chi connectivity index (χ2n) is 6.39. The summed E-state index contributed by atoms with van der Waals surface area (Å²) >= 11 is 12.3. The molecule has 1 atom stereocenters. The Morgan fingerprint density at radius 1 is 1.11 bits per heavy atom. The van der Waals surface area contributed by atoms with Gasteiger partial charge in [-0.15, -0.1) is 0 Å². The van der Waals surface area contributed by atoms with E-state index in [-0.39, 0.29) is 24.8 Å². The molecule has 2 amide bonds. The summed E-state index contributed by atoms with van der Waals surface area (Å²) in [6.07, 6.45) is 0.996. The average Bonchev–Trinajstić information content (AvgIpc) is 2.64. The van der Waals surface area contributed by atoms with Gasteiger partial charge in [0.15, 0.2) is 0 Å². The summed E-state index contributed by atoms with van der Waals surface area (Å²) in [7, 11) is 0. The third kappa shape index (κ3) is 6.26. The Kier molecular flexibility index (Phi) is 8.14. The molecule has 0 heterocycles. The smallest absolute Gasteiger partial charge is 0.242 e. The van der Waals surface area contributed by atoms with Gasteiger partial charge in [-0.2, -0.15) is 0 Å². The van der Waals surface area contributed by atoms with E-state index in [2.05, 4.69) is 5.32 Å². The van der Waals surface area contributed by atoms with E-state index < -0.39 is 6.04 Å². The highest BCUT2D eigenvalue weighted by Crippen LogP contribution is 2.20. The molecule has 4 nitrogen and oxygen atoms in total. The van der Waals surface area contributed by atoms with Crippen LogP contribution in [0.4, 0.5) is 0 Å². The maximum atomic E-state index is 13.0. The van der Waals surface area contributed by atoms with Gasteiger partial charge in [-0.25, -0.2) is 0 Å². The van der Waals surface area contributed by atoms with Crippen LogP contribution in [0.3, 0.4) is 0 Å². The molecule has 1 unspecified atom stereocenters. The molecule has 0 bridgehead atoms. The topological polar surface area (TPSA) is 49.4 Å². The van der Waals surface area contributed by atoms with Crippen LogP contribution in [0, 0.1) is 0 Å². The van der Waals surface area contributed by atoms with Crippen LogP contribution in [0.2, 0.25) is 10.0 Å². The largest absolute Gasteiger partial charge is 0.354 e. The van der Waals surface area contributed by atoms with E-state index >= 15 is 0 Å². The van der Waals surface area contributed by atoms with E-state index in [1.165, 1.54) is 0 Å². The van der Waals surface area contributed by atoms with Gasteiger partial charge in [0.05, 0.1) is 6.42 Å². The quantitative estimate of drug-likeness (QED) is 0.702. The zero-order valence-corrected chi connectivity index (χ0v) is 17.1. The molecule has 0 saturated carbocycles. The zero-order chi connectivity index (χ0) is 19.8. The second kappa shape index (κ2) is 10.3. The fourth-order valence-corrected chi connectivity index (χ4v) is 3.12. The maximum absolute atomic E-state index is 13.0. The summed E-state index contributed by atoms with van der Waals surface area (Å²) in [6.45, 7) is 4.56. The van der Waals surface area contributed by atoms with E-state index in [0.717, 1.165) is 17.5 Å². The predicted molar refractivity (Wildman–Crippen MR) is 110 cm³/mol. The van der Waals surface area contributed by atoms with Crippen molar-refractivity contribution >= 4 is 35.0 Å². The van der Waals surface area contributed by atoms with Gasteiger partial charge in [0.1, 0.15) is 6.04 Å². The first-order valence-electron chi connectivity index (χ1n) is 8.97. The Bertz CT molecular complexity index is 795. The molecule has 1 N–H and O–H groups in total. The van der Waals surface area contributed by atoms with Crippen molar-refractivity contribution in [1.82, 2.24) is 10.2 Å². The number of carbonyl (C=O) groups is 2. The van der Waals surface area contributed by atoms with Crippen molar-refractivity contribution in [3.63, 3.8) is 0 Å². The molecule has 0 saturated heterocycles. The molecule has 0 aliphatic heterocycles. The van der Waals surface area contributed by atoms with Gasteiger partial charge in [-0.3, -0.25) is 9.59 Å². The van der Waals surface area contributed by atoms with Crippen molar-refractivity contribution < 1.29 is 9.59 Å². The minimum atomic E-state index is -0.612. The van der Waals surface area contributed by atoms with Gasteiger partial charge in [0, 0.05) is 23.1 Å². The Morgan fingerprint density at radius 2 is 1.85 bits per heavy atom. The van der Waals surface area contributed by atoms with Gasteiger partial charge in [0.25, 0.3) is 0 Å². The minimum Gasteiger partial charge on any atom is -0.354 e. The monoisotopic (exact) mass is 406 g/mol. The molecule has 6 heteroatoms. The number of halogens is 2. The number of nitrogens with zero attached hydrogens (tertiary/aromatic N) is 1. The normalized spacial score (nSPS) is 11.7. The molecule has 0 aliphatic carbocycles. The summed E-state index contributed by atoms with van der Waals surface area (Å²) in [5, 5.41) is 4.00. The van der Waals surface area contributed by atoms with Crippen molar-refractivity contribution in [2.75, 3.05) is 6.54 Å². The van der Waals surface area contributed by atoms with Crippen LogP contribution in [-0.4, -0.2) is 29.3 Å². The van der Waals surface area contributed by atoms with Gasteiger partial charge >= 0.3 is 0 Å². The Morgan fingerprint density at radius 3 is 2.52 bits per heavy atom. The lowest BCUT2D eigenvalue weighted by molar-refractivity contribution is -0.140. The molecule has 2 rings (SSSR count). The number of hydrogen-bond acceptors (Lipinski definition) is 2. The lowest BCUT2D eigenvalue weighted by atomic mass is 10.1. The fourth-order valence-electron chi connectivity index (χ4n) is 2.71. The van der Waals surface area contributed by atoms with Crippen molar-refractivity contribution in [3.05, 3.63) is 69.7 Å². The standard InChI is InChI=1S/C21H24Cl2N2O2/c1-3-11-24-21(27)15(2)25(14-17-8-4-5-10-19(17)23)20(26)13-16-7-6-9-18(22)12-16/h4-10,12,15H,3,11,13-14H2,1-2H3,(H,24,27). The van der Waals surface area contributed by atoms with Gasteiger partial charge in [0.2, 0.25) is 11.8 Å². The number of carbonyl (C=O) groups excluding carboxylic acids is 2. The Labute approximate surface area is 170 Å². The van der Waals surface area contributed by atoms with E-state index in [9.17, 15) is 9.59 Å². The van der Waals surface area contributed by atoms with Crippen molar-refractivity contribution in [2.45, 2.75) is 39.3 Å². The summed E-state index contributed by atoms with van der Waals surface area (Å²) in [5.74, 6) is -0.334. The highest BCUT2D eigenvalue weighted by atomic mass is 35.5. The third-order valence-corrected chi connectivity index (χ3v) is 4.86. The third-order valence-electron chi connectivity index (χ3n) is 4.26. The Balaban J connectivity index is 2.23. The molecule has 0 aromatic heterocycles. The molecule has 0 radical (unpaired) electrons. The van der Waals surface area contributed by atoms with E-state index in [0.29, 0.717) is 16.6 Å². The predicted octanol–water partition coefficient (Wildman–Crippen LogP) is 4.48. The van der Waals surface area contributed by atoms with Crippen LogP contribution in [0.15, 0.2) is 48.5 Å². The average molecular weight is 407 g/mol. The molecular weight excluding hydrogens is 383 g/mol. The van der Waals surface area contributed by atoms with Crippen LogP contribution in [0.1, 0.15) is 31.4 Å². The number of hydrogen-bond donors (Lipinski definition) is 1. The lowest BCUT2D eigenvalue weighted by Gasteiger charge is -2.29. The summed E-state index contributed by atoms with van der Waals surface area (Å²) in [4.78, 5) is 27.1. The van der Waals surface area contributed by atoms with Gasteiger partial charge in [-0.05, 0) is 42.7 Å². The highest BCUT2D eigenvalue weighted by molar-refractivity contribution is 6.31. The van der Waals surface area contributed by atoms with Crippen LogP contribution < -0.4 is 5.32 Å².